The molecule has 14 nitrogen and oxygen atoms in total. The van der Waals surface area contributed by atoms with Crippen molar-refractivity contribution in [3.63, 3.8) is 0 Å². The van der Waals surface area contributed by atoms with Gasteiger partial charge in [0, 0.05) is 22.1 Å². The fourth-order valence-corrected chi connectivity index (χ4v) is 7.24. The molecule has 6 aromatic carbocycles. The van der Waals surface area contributed by atoms with Crippen molar-refractivity contribution in [2.75, 3.05) is 11.5 Å². The maximum absolute atomic E-state index is 12.2. The van der Waals surface area contributed by atoms with Gasteiger partial charge in [-0.05, 0) is 113 Å². The standard InChI is InChI=1S/C36H32N6O8S2/c1-3-19-14-25(39-41-33-32(52(48,49)50)17-22-13-23(37)7-10-29(22)35(33)43)8-11-27(19)28-12-9-26(15-20(28)4-2)40-42-34-31(51(45,46)47)16-21-5-6-24(38)18-30(21)36(34)44/h5-18,43-44H,3-4,37-38H2,1-2H3,(H,45,46,47)(H,48,49,50). The summed E-state index contributed by atoms with van der Waals surface area (Å²) in [5, 5.41) is 39.4. The van der Waals surface area contributed by atoms with Crippen LogP contribution in [0.1, 0.15) is 25.0 Å². The topological polar surface area (TPSA) is 251 Å². The number of hydrogen-bond donors (Lipinski definition) is 6. The van der Waals surface area contributed by atoms with Gasteiger partial charge in [-0.3, -0.25) is 9.11 Å². The first-order valence-electron chi connectivity index (χ1n) is 15.7. The van der Waals surface area contributed by atoms with Gasteiger partial charge in [-0.2, -0.15) is 27.1 Å². The molecule has 0 unspecified atom stereocenters. The smallest absolute Gasteiger partial charge is 0.296 e. The zero-order valence-corrected chi connectivity index (χ0v) is 29.3. The number of fused-ring (bicyclic) bond motifs is 2. The minimum atomic E-state index is -4.80. The third kappa shape index (κ3) is 7.00. The van der Waals surface area contributed by atoms with Gasteiger partial charge < -0.3 is 21.7 Å². The van der Waals surface area contributed by atoms with Crippen molar-refractivity contribution in [1.29, 1.82) is 0 Å². The summed E-state index contributed by atoms with van der Waals surface area (Å²) in [5.41, 5.74) is 15.6. The second-order valence-corrected chi connectivity index (χ2v) is 14.6. The molecule has 0 saturated heterocycles. The van der Waals surface area contributed by atoms with E-state index in [2.05, 4.69) is 20.5 Å². The molecule has 6 rings (SSSR count). The molecule has 16 heteroatoms. The Bertz CT molecular complexity index is 2720. The summed E-state index contributed by atoms with van der Waals surface area (Å²) in [6, 6.07) is 21.9. The first-order chi connectivity index (χ1) is 24.6. The van der Waals surface area contributed by atoms with Crippen molar-refractivity contribution < 1.29 is 36.2 Å². The summed E-state index contributed by atoms with van der Waals surface area (Å²) in [5.74, 6) is -0.991. The summed E-state index contributed by atoms with van der Waals surface area (Å²) in [6.07, 6.45) is 1.15. The normalized spacial score (nSPS) is 12.5. The molecule has 0 fully saturated rings. The average molecular weight is 741 g/mol. The van der Waals surface area contributed by atoms with E-state index < -0.39 is 52.9 Å². The summed E-state index contributed by atoms with van der Waals surface area (Å²) in [4.78, 5) is -1.24. The minimum absolute atomic E-state index is 0.236. The maximum Gasteiger partial charge on any atom is 0.296 e. The predicted molar refractivity (Wildman–Crippen MR) is 199 cm³/mol. The van der Waals surface area contributed by atoms with Crippen molar-refractivity contribution in [3.05, 3.63) is 96.1 Å². The quantitative estimate of drug-likeness (QED) is 0.0467. The molecule has 0 saturated carbocycles. The van der Waals surface area contributed by atoms with E-state index in [9.17, 15) is 36.2 Å². The van der Waals surface area contributed by atoms with Crippen LogP contribution in [0.2, 0.25) is 0 Å². The zero-order valence-electron chi connectivity index (χ0n) is 27.7. The Morgan fingerprint density at radius 2 is 1.00 bits per heavy atom. The maximum atomic E-state index is 12.2. The largest absolute Gasteiger partial charge is 0.505 e. The van der Waals surface area contributed by atoms with E-state index in [-0.39, 0.29) is 10.8 Å². The van der Waals surface area contributed by atoms with Gasteiger partial charge in [-0.15, -0.1) is 10.2 Å². The molecule has 0 aromatic heterocycles. The molecular weight excluding hydrogens is 709 g/mol. The lowest BCUT2D eigenvalue weighted by Crippen LogP contribution is -1.99. The van der Waals surface area contributed by atoms with Crippen molar-refractivity contribution in [1.82, 2.24) is 0 Å². The highest BCUT2D eigenvalue weighted by atomic mass is 32.2. The average Bonchev–Trinajstić information content (AvgIpc) is 3.09. The van der Waals surface area contributed by atoms with Gasteiger partial charge in [-0.25, -0.2) is 0 Å². The van der Waals surface area contributed by atoms with Gasteiger partial charge in [0.25, 0.3) is 20.2 Å². The number of aromatic hydroxyl groups is 2. The zero-order chi connectivity index (χ0) is 37.5. The van der Waals surface area contributed by atoms with Gasteiger partial charge in [-0.1, -0.05) is 32.0 Å². The second-order valence-electron chi connectivity index (χ2n) is 11.8. The highest BCUT2D eigenvalue weighted by molar-refractivity contribution is 7.86. The first kappa shape index (κ1) is 35.9. The number of aryl methyl sites for hydroxylation is 2. The van der Waals surface area contributed by atoms with E-state index >= 15 is 0 Å². The summed E-state index contributed by atoms with van der Waals surface area (Å²) >= 11 is 0. The fraction of sp³-hybridized carbons (Fsp3) is 0.111. The van der Waals surface area contributed by atoms with E-state index in [1.807, 2.05) is 26.0 Å². The number of phenols is 2. The number of nitrogen functional groups attached to an aromatic ring is 2. The van der Waals surface area contributed by atoms with Gasteiger partial charge >= 0.3 is 0 Å². The summed E-state index contributed by atoms with van der Waals surface area (Å²) in [7, 11) is -9.58. The summed E-state index contributed by atoms with van der Waals surface area (Å²) in [6.45, 7) is 3.89. The van der Waals surface area contributed by atoms with Crippen LogP contribution in [-0.2, 0) is 33.1 Å². The van der Waals surface area contributed by atoms with Crippen molar-refractivity contribution in [2.24, 2.45) is 20.5 Å². The number of benzene rings is 6. The van der Waals surface area contributed by atoms with Gasteiger partial charge in [0.2, 0.25) is 0 Å². The first-order valence-corrected chi connectivity index (χ1v) is 18.6. The van der Waals surface area contributed by atoms with Crippen molar-refractivity contribution in [3.8, 4) is 22.6 Å². The minimum Gasteiger partial charge on any atom is -0.505 e. The number of rotatable bonds is 9. The van der Waals surface area contributed by atoms with Crippen LogP contribution in [0.3, 0.4) is 0 Å². The Hall–Kier alpha value is -5.94. The second kappa shape index (κ2) is 13.6. The molecule has 8 N–H and O–H groups in total. The molecule has 0 bridgehead atoms. The van der Waals surface area contributed by atoms with E-state index in [1.165, 1.54) is 48.5 Å². The van der Waals surface area contributed by atoms with E-state index in [0.717, 1.165) is 22.3 Å². The molecule has 52 heavy (non-hydrogen) atoms. The predicted octanol–water partition coefficient (Wildman–Crippen LogP) is 8.68. The van der Waals surface area contributed by atoms with Gasteiger partial charge in [0.05, 0.1) is 11.4 Å². The van der Waals surface area contributed by atoms with Crippen molar-refractivity contribution in [2.45, 2.75) is 36.5 Å². The lowest BCUT2D eigenvalue weighted by atomic mass is 9.92. The van der Waals surface area contributed by atoms with Crippen LogP contribution in [0.25, 0.3) is 32.7 Å². The Morgan fingerprint density at radius 1 is 0.538 bits per heavy atom. The van der Waals surface area contributed by atoms with Crippen LogP contribution in [0.5, 0.6) is 11.5 Å². The number of hydrogen-bond acceptors (Lipinski definition) is 12. The number of azo groups is 2. The Labute approximate surface area is 298 Å². The van der Waals surface area contributed by atoms with Gasteiger partial charge in [0.1, 0.15) is 21.2 Å². The third-order valence-electron chi connectivity index (χ3n) is 8.47. The molecule has 0 aliphatic carbocycles. The molecule has 0 spiro atoms. The van der Waals surface area contributed by atoms with Crippen LogP contribution >= 0.6 is 0 Å². The van der Waals surface area contributed by atoms with Crippen LogP contribution in [0.15, 0.2) is 115 Å². The molecule has 6 aromatic rings. The number of nitrogens with two attached hydrogens (primary N) is 2. The van der Waals surface area contributed by atoms with Gasteiger partial charge in [0.15, 0.2) is 11.5 Å². The van der Waals surface area contributed by atoms with E-state index in [4.69, 9.17) is 11.5 Å². The number of anilines is 2. The monoisotopic (exact) mass is 740 g/mol. The third-order valence-corrected chi connectivity index (χ3v) is 10.2. The van der Waals surface area contributed by atoms with Crippen molar-refractivity contribution >= 4 is 75.9 Å². The van der Waals surface area contributed by atoms with E-state index in [0.29, 0.717) is 46.4 Å². The van der Waals surface area contributed by atoms with Crippen LogP contribution in [-0.4, -0.2) is 36.2 Å². The fourth-order valence-electron chi connectivity index (χ4n) is 5.93. The number of phenolic OH excluding ortho intramolecular Hbond substituents is 2. The van der Waals surface area contributed by atoms with Crippen LogP contribution in [0, 0.1) is 0 Å². The highest BCUT2D eigenvalue weighted by Crippen LogP contribution is 2.44. The van der Waals surface area contributed by atoms with E-state index in [1.54, 1.807) is 24.3 Å². The molecule has 266 valence electrons. The molecule has 0 atom stereocenters. The molecule has 0 radical (unpaired) electrons. The van der Waals surface area contributed by atoms with Crippen LogP contribution < -0.4 is 11.5 Å². The molecule has 0 aliphatic rings. The molecule has 0 amide bonds. The summed E-state index contributed by atoms with van der Waals surface area (Å²) < 4.78 is 68.6. The molecule has 0 heterocycles. The SMILES string of the molecule is CCc1cc(N=Nc2c(S(=O)(=O)O)cc3cc(N)ccc3c2O)ccc1-c1ccc(N=Nc2c(S(=O)(=O)O)cc3ccc(N)cc3c2O)cc1CC. The van der Waals surface area contributed by atoms with Crippen LogP contribution in [0.4, 0.5) is 34.1 Å². The lowest BCUT2D eigenvalue weighted by Gasteiger charge is -2.14. The molecular formula is C36H32N6O8S2. The Balaban J connectivity index is 1.36. The molecule has 0 aliphatic heterocycles. The Morgan fingerprint density at radius 3 is 1.50 bits per heavy atom. The highest BCUT2D eigenvalue weighted by Gasteiger charge is 2.24. The lowest BCUT2D eigenvalue weighted by molar-refractivity contribution is 0.472. The number of nitrogens with zero attached hydrogens (tertiary/aromatic N) is 4. The Kier molecular flexibility index (Phi) is 9.41.